The number of aryl methyl sites for hydroxylation is 2. The SMILES string of the molecule is CCCCCc1ccc2c(F)c(C#Cc3ccc(CCC4CCC(CCCCC)CC4)cc3)ccc2c1. The lowest BCUT2D eigenvalue weighted by molar-refractivity contribution is 0.249. The Morgan fingerprint density at radius 1 is 0.676 bits per heavy atom. The molecule has 3 aromatic rings. The highest BCUT2D eigenvalue weighted by molar-refractivity contribution is 5.85. The molecule has 0 spiro atoms. The van der Waals surface area contributed by atoms with Crippen LogP contribution < -0.4 is 0 Å². The second-order valence-corrected chi connectivity index (χ2v) is 11.3. The molecule has 0 aromatic heterocycles. The van der Waals surface area contributed by atoms with E-state index in [0.29, 0.717) is 10.9 Å². The summed E-state index contributed by atoms with van der Waals surface area (Å²) >= 11 is 0. The predicted molar refractivity (Wildman–Crippen MR) is 157 cm³/mol. The van der Waals surface area contributed by atoms with Crippen LogP contribution in [-0.2, 0) is 12.8 Å². The Morgan fingerprint density at radius 3 is 2.08 bits per heavy atom. The van der Waals surface area contributed by atoms with Gasteiger partial charge in [-0.1, -0.05) is 126 Å². The van der Waals surface area contributed by atoms with Crippen molar-refractivity contribution < 1.29 is 4.39 Å². The Bertz CT molecular complexity index is 1170. The van der Waals surface area contributed by atoms with Crippen LogP contribution in [-0.4, -0.2) is 0 Å². The van der Waals surface area contributed by atoms with Gasteiger partial charge < -0.3 is 0 Å². The molecule has 0 aliphatic heterocycles. The van der Waals surface area contributed by atoms with Crippen molar-refractivity contribution >= 4 is 10.8 Å². The second kappa shape index (κ2) is 14.4. The van der Waals surface area contributed by atoms with E-state index in [1.165, 1.54) is 88.2 Å². The van der Waals surface area contributed by atoms with Crippen LogP contribution in [0.1, 0.15) is 113 Å². The molecule has 3 aromatic carbocycles. The van der Waals surface area contributed by atoms with E-state index in [1.807, 2.05) is 18.2 Å². The summed E-state index contributed by atoms with van der Waals surface area (Å²) in [6.07, 6.45) is 18.5. The first-order chi connectivity index (χ1) is 18.2. The number of hydrogen-bond donors (Lipinski definition) is 0. The van der Waals surface area contributed by atoms with Crippen molar-refractivity contribution in [1.29, 1.82) is 0 Å². The maximum Gasteiger partial charge on any atom is 0.146 e. The van der Waals surface area contributed by atoms with Crippen LogP contribution in [0.25, 0.3) is 10.8 Å². The average Bonchev–Trinajstić information content (AvgIpc) is 2.93. The van der Waals surface area contributed by atoms with Crippen molar-refractivity contribution in [1.82, 2.24) is 0 Å². The molecule has 0 N–H and O–H groups in total. The Balaban J connectivity index is 1.29. The molecule has 0 heterocycles. The zero-order valence-electron chi connectivity index (χ0n) is 23.1. The number of halogens is 1. The van der Waals surface area contributed by atoms with E-state index in [9.17, 15) is 0 Å². The van der Waals surface area contributed by atoms with E-state index in [1.54, 1.807) is 0 Å². The molecule has 0 atom stereocenters. The molecule has 37 heavy (non-hydrogen) atoms. The van der Waals surface area contributed by atoms with Gasteiger partial charge in [0.2, 0.25) is 0 Å². The lowest BCUT2D eigenvalue weighted by Crippen LogP contribution is -2.15. The minimum atomic E-state index is -0.207. The van der Waals surface area contributed by atoms with Crippen molar-refractivity contribution in [2.75, 3.05) is 0 Å². The maximum atomic E-state index is 15.2. The third kappa shape index (κ3) is 8.20. The molecule has 0 unspecified atom stereocenters. The fraction of sp³-hybridized carbons (Fsp3) is 0.500. The topological polar surface area (TPSA) is 0 Å². The summed E-state index contributed by atoms with van der Waals surface area (Å²) in [5, 5.41) is 1.63. The van der Waals surface area contributed by atoms with E-state index in [2.05, 4.69) is 62.1 Å². The molecule has 0 saturated heterocycles. The number of hydrogen-bond acceptors (Lipinski definition) is 0. The van der Waals surface area contributed by atoms with Gasteiger partial charge in [-0.3, -0.25) is 0 Å². The summed E-state index contributed by atoms with van der Waals surface area (Å²) in [6, 6.07) is 18.5. The van der Waals surface area contributed by atoms with Crippen LogP contribution in [0.5, 0.6) is 0 Å². The normalized spacial score (nSPS) is 17.5. The number of fused-ring (bicyclic) bond motifs is 1. The summed E-state index contributed by atoms with van der Waals surface area (Å²) in [7, 11) is 0. The molecule has 0 bridgehead atoms. The van der Waals surface area contributed by atoms with Crippen LogP contribution in [0.3, 0.4) is 0 Å². The number of unbranched alkanes of at least 4 members (excludes halogenated alkanes) is 4. The highest BCUT2D eigenvalue weighted by Crippen LogP contribution is 2.34. The van der Waals surface area contributed by atoms with Gasteiger partial charge in [-0.05, 0) is 72.2 Å². The van der Waals surface area contributed by atoms with E-state index in [4.69, 9.17) is 0 Å². The van der Waals surface area contributed by atoms with Crippen LogP contribution >= 0.6 is 0 Å². The maximum absolute atomic E-state index is 15.2. The molecule has 1 aliphatic carbocycles. The van der Waals surface area contributed by atoms with Gasteiger partial charge in [-0.25, -0.2) is 4.39 Å². The van der Waals surface area contributed by atoms with E-state index >= 15 is 4.39 Å². The van der Waals surface area contributed by atoms with E-state index in [0.717, 1.165) is 35.6 Å². The molecule has 1 fully saturated rings. The first kappa shape index (κ1) is 27.4. The highest BCUT2D eigenvalue weighted by Gasteiger charge is 2.20. The molecule has 1 heteroatoms. The van der Waals surface area contributed by atoms with Gasteiger partial charge in [-0.15, -0.1) is 0 Å². The zero-order valence-corrected chi connectivity index (χ0v) is 23.1. The third-order valence-electron chi connectivity index (χ3n) is 8.41. The van der Waals surface area contributed by atoms with Crippen molar-refractivity contribution in [3.63, 3.8) is 0 Å². The third-order valence-corrected chi connectivity index (χ3v) is 8.41. The molecule has 1 aliphatic rings. The fourth-order valence-electron chi connectivity index (χ4n) is 5.93. The first-order valence-corrected chi connectivity index (χ1v) is 15.0. The molecular weight excluding hydrogens is 451 g/mol. The summed E-state index contributed by atoms with van der Waals surface area (Å²) in [4.78, 5) is 0. The molecule has 0 nitrogen and oxygen atoms in total. The Labute approximate surface area is 225 Å². The van der Waals surface area contributed by atoms with Gasteiger partial charge in [0.05, 0.1) is 5.56 Å². The predicted octanol–water partition coefficient (Wildman–Crippen LogP) is 10.4. The molecular formula is C36H45F. The van der Waals surface area contributed by atoms with Crippen molar-refractivity contribution in [2.45, 2.75) is 104 Å². The van der Waals surface area contributed by atoms with Gasteiger partial charge in [0.1, 0.15) is 5.82 Å². The van der Waals surface area contributed by atoms with Gasteiger partial charge in [0, 0.05) is 10.9 Å². The Hall–Kier alpha value is -2.59. The van der Waals surface area contributed by atoms with Gasteiger partial charge in [0.15, 0.2) is 0 Å². The number of rotatable bonds is 11. The molecule has 196 valence electrons. The quantitative estimate of drug-likeness (QED) is 0.183. The van der Waals surface area contributed by atoms with Gasteiger partial charge >= 0.3 is 0 Å². The van der Waals surface area contributed by atoms with Gasteiger partial charge in [-0.2, -0.15) is 0 Å². The summed E-state index contributed by atoms with van der Waals surface area (Å²) < 4.78 is 15.2. The molecule has 0 amide bonds. The summed E-state index contributed by atoms with van der Waals surface area (Å²) in [5.74, 6) is 7.93. The van der Waals surface area contributed by atoms with Crippen molar-refractivity contribution in [2.24, 2.45) is 11.8 Å². The minimum Gasteiger partial charge on any atom is -0.205 e. The fourth-order valence-corrected chi connectivity index (χ4v) is 5.93. The van der Waals surface area contributed by atoms with Crippen LogP contribution in [0.2, 0.25) is 0 Å². The van der Waals surface area contributed by atoms with Crippen LogP contribution in [0, 0.1) is 29.5 Å². The Morgan fingerprint density at radius 2 is 1.35 bits per heavy atom. The van der Waals surface area contributed by atoms with E-state index in [-0.39, 0.29) is 5.82 Å². The zero-order chi connectivity index (χ0) is 25.9. The van der Waals surface area contributed by atoms with Crippen molar-refractivity contribution in [3.05, 3.63) is 82.7 Å². The largest absolute Gasteiger partial charge is 0.205 e. The minimum absolute atomic E-state index is 0.207. The molecule has 1 saturated carbocycles. The van der Waals surface area contributed by atoms with Gasteiger partial charge in [0.25, 0.3) is 0 Å². The summed E-state index contributed by atoms with van der Waals surface area (Å²) in [5.41, 5.74) is 4.10. The van der Waals surface area contributed by atoms with Crippen LogP contribution in [0.4, 0.5) is 4.39 Å². The lowest BCUT2D eigenvalue weighted by atomic mass is 9.78. The lowest BCUT2D eigenvalue weighted by Gasteiger charge is -2.28. The summed E-state index contributed by atoms with van der Waals surface area (Å²) in [6.45, 7) is 4.51. The highest BCUT2D eigenvalue weighted by atomic mass is 19.1. The van der Waals surface area contributed by atoms with Crippen LogP contribution in [0.15, 0.2) is 54.6 Å². The smallest absolute Gasteiger partial charge is 0.146 e. The first-order valence-electron chi connectivity index (χ1n) is 15.0. The monoisotopic (exact) mass is 496 g/mol. The van der Waals surface area contributed by atoms with Crippen molar-refractivity contribution in [3.8, 4) is 11.8 Å². The molecule has 0 radical (unpaired) electrons. The second-order valence-electron chi connectivity index (χ2n) is 11.3. The molecule has 4 rings (SSSR count). The number of benzene rings is 3. The van der Waals surface area contributed by atoms with E-state index < -0.39 is 0 Å². The average molecular weight is 497 g/mol. The standard InChI is InChI=1S/C36H45F/c1-3-5-7-9-28-11-13-29(14-12-28)15-16-30-17-19-31(20-18-30)21-23-33-24-25-34-27-32(10-8-6-4-2)22-26-35(34)36(33)37/h17-20,22,24-29H,3-16H2,1-2H3. The Kier molecular flexibility index (Phi) is 10.7.